The fraction of sp³-hybridized carbons (Fsp3) is 0.0638. The molecule has 4 heteroatoms. The lowest BCUT2D eigenvalue weighted by molar-refractivity contribution is 0.661. The highest BCUT2D eigenvalue weighted by Crippen LogP contribution is 2.51. The first-order valence-electron chi connectivity index (χ1n) is 17.3. The minimum absolute atomic E-state index is 0.232. The number of aromatic nitrogens is 4. The zero-order valence-corrected chi connectivity index (χ0v) is 28.5. The van der Waals surface area contributed by atoms with Crippen molar-refractivity contribution in [1.82, 2.24) is 19.9 Å². The molecule has 0 amide bonds. The SMILES string of the molecule is CC1(C)c2cc(-c3cc(-c4ccccn4)ccc3-c3ccccn3)ccc2-c2ccc(-c3cc(-c4ccccn4)ccc3-c3ccccn3)cc21. The van der Waals surface area contributed by atoms with Crippen molar-refractivity contribution in [1.29, 1.82) is 0 Å². The predicted molar refractivity (Wildman–Crippen MR) is 208 cm³/mol. The summed E-state index contributed by atoms with van der Waals surface area (Å²) in [5.74, 6) is 0. The van der Waals surface area contributed by atoms with Crippen molar-refractivity contribution in [2.75, 3.05) is 0 Å². The minimum Gasteiger partial charge on any atom is -0.256 e. The maximum absolute atomic E-state index is 4.74. The average molecular weight is 655 g/mol. The van der Waals surface area contributed by atoms with E-state index in [0.29, 0.717) is 0 Å². The van der Waals surface area contributed by atoms with E-state index in [9.17, 15) is 0 Å². The fourth-order valence-electron chi connectivity index (χ4n) is 7.52. The van der Waals surface area contributed by atoms with Crippen molar-refractivity contribution in [3.63, 3.8) is 0 Å². The Bertz CT molecular complexity index is 2350. The van der Waals surface area contributed by atoms with Crippen LogP contribution < -0.4 is 0 Å². The van der Waals surface area contributed by atoms with Crippen molar-refractivity contribution >= 4 is 0 Å². The molecule has 4 heterocycles. The van der Waals surface area contributed by atoms with E-state index < -0.39 is 0 Å². The molecule has 242 valence electrons. The topological polar surface area (TPSA) is 51.6 Å². The van der Waals surface area contributed by atoms with E-state index in [1.807, 2.05) is 73.3 Å². The molecular weight excluding hydrogens is 621 g/mol. The zero-order chi connectivity index (χ0) is 34.4. The molecule has 0 atom stereocenters. The summed E-state index contributed by atoms with van der Waals surface area (Å²) in [6.07, 6.45) is 7.41. The van der Waals surface area contributed by atoms with Gasteiger partial charge in [-0.15, -0.1) is 0 Å². The van der Waals surface area contributed by atoms with Gasteiger partial charge in [0.25, 0.3) is 0 Å². The Balaban J connectivity index is 1.17. The summed E-state index contributed by atoms with van der Waals surface area (Å²) in [6.45, 7) is 4.69. The van der Waals surface area contributed by atoms with E-state index in [2.05, 4.69) is 121 Å². The largest absolute Gasteiger partial charge is 0.256 e. The third-order valence-electron chi connectivity index (χ3n) is 10.1. The second-order valence-corrected chi connectivity index (χ2v) is 13.5. The van der Waals surface area contributed by atoms with Crippen LogP contribution in [0.5, 0.6) is 0 Å². The molecule has 0 unspecified atom stereocenters. The standard InChI is InChI=1S/C47H34N4/c1-47(2)41-29-31(39-27-33(43-11-3-7-23-48-43)17-21-37(39)45-13-5-9-25-50-45)15-19-35(41)36-20-16-32(30-42(36)47)40-28-34(44-12-4-8-24-49-44)18-22-38(40)46-14-6-10-26-51-46/h3-30H,1-2H3. The van der Waals surface area contributed by atoms with E-state index >= 15 is 0 Å². The maximum Gasteiger partial charge on any atom is 0.0708 e. The Morgan fingerprint density at radius 1 is 0.314 bits per heavy atom. The lowest BCUT2D eigenvalue weighted by Crippen LogP contribution is -2.15. The Hall–Kier alpha value is -6.52. The van der Waals surface area contributed by atoms with Crippen LogP contribution in [0.3, 0.4) is 0 Å². The molecule has 4 nitrogen and oxygen atoms in total. The van der Waals surface area contributed by atoms with Gasteiger partial charge in [0.1, 0.15) is 0 Å². The van der Waals surface area contributed by atoms with Gasteiger partial charge in [-0.3, -0.25) is 19.9 Å². The van der Waals surface area contributed by atoms with Gasteiger partial charge in [0, 0.05) is 52.5 Å². The van der Waals surface area contributed by atoms with Gasteiger partial charge in [-0.1, -0.05) is 86.6 Å². The molecule has 0 spiro atoms. The minimum atomic E-state index is -0.232. The summed E-state index contributed by atoms with van der Waals surface area (Å²) in [6, 6.07) is 51.3. The number of benzene rings is 4. The van der Waals surface area contributed by atoms with Gasteiger partial charge in [0.2, 0.25) is 0 Å². The Morgan fingerprint density at radius 3 is 1.04 bits per heavy atom. The number of rotatable bonds is 6. The monoisotopic (exact) mass is 654 g/mol. The van der Waals surface area contributed by atoms with Crippen molar-refractivity contribution in [3.05, 3.63) is 182 Å². The Morgan fingerprint density at radius 2 is 0.667 bits per heavy atom. The van der Waals surface area contributed by atoms with Crippen molar-refractivity contribution < 1.29 is 0 Å². The van der Waals surface area contributed by atoms with Crippen LogP contribution in [0.25, 0.3) is 78.4 Å². The molecule has 0 fully saturated rings. The lowest BCUT2D eigenvalue weighted by Gasteiger charge is -2.23. The first kappa shape index (κ1) is 30.5. The van der Waals surface area contributed by atoms with Crippen molar-refractivity contribution in [2.24, 2.45) is 0 Å². The van der Waals surface area contributed by atoms with E-state index in [1.54, 1.807) is 0 Å². The van der Waals surface area contributed by atoms with Gasteiger partial charge in [0.05, 0.1) is 22.8 Å². The highest BCUT2D eigenvalue weighted by Gasteiger charge is 2.36. The van der Waals surface area contributed by atoms with E-state index in [-0.39, 0.29) is 5.41 Å². The average Bonchev–Trinajstić information content (AvgIpc) is 3.43. The fourth-order valence-corrected chi connectivity index (χ4v) is 7.52. The number of fused-ring (bicyclic) bond motifs is 3. The summed E-state index contributed by atoms with van der Waals surface area (Å²) in [7, 11) is 0. The van der Waals surface area contributed by atoms with Crippen LogP contribution in [0, 0.1) is 0 Å². The summed E-state index contributed by atoms with van der Waals surface area (Å²) < 4.78 is 0. The quantitative estimate of drug-likeness (QED) is 0.179. The van der Waals surface area contributed by atoms with Crippen LogP contribution in [0.4, 0.5) is 0 Å². The summed E-state index contributed by atoms with van der Waals surface area (Å²) >= 11 is 0. The molecule has 0 N–H and O–H groups in total. The normalized spacial score (nSPS) is 12.7. The molecule has 0 aliphatic heterocycles. The molecule has 0 radical (unpaired) electrons. The molecule has 0 bridgehead atoms. The molecule has 8 aromatic rings. The molecule has 9 rings (SSSR count). The predicted octanol–water partition coefficient (Wildman–Crippen LogP) is 11.6. The molecule has 51 heavy (non-hydrogen) atoms. The second kappa shape index (κ2) is 12.4. The molecule has 0 saturated carbocycles. The van der Waals surface area contributed by atoms with Crippen LogP contribution in [0.15, 0.2) is 170 Å². The Labute approximate surface area is 298 Å². The number of pyridine rings is 4. The van der Waals surface area contributed by atoms with Gasteiger partial charge >= 0.3 is 0 Å². The molecular formula is C47H34N4. The molecule has 4 aromatic heterocycles. The maximum atomic E-state index is 4.74. The van der Waals surface area contributed by atoms with Crippen LogP contribution in [-0.4, -0.2) is 19.9 Å². The van der Waals surface area contributed by atoms with Crippen LogP contribution in [0.1, 0.15) is 25.0 Å². The van der Waals surface area contributed by atoms with E-state index in [0.717, 1.165) is 67.3 Å². The van der Waals surface area contributed by atoms with Crippen molar-refractivity contribution in [2.45, 2.75) is 19.3 Å². The second-order valence-electron chi connectivity index (χ2n) is 13.5. The first-order valence-corrected chi connectivity index (χ1v) is 17.3. The van der Waals surface area contributed by atoms with E-state index in [1.165, 1.54) is 22.3 Å². The summed E-state index contributed by atoms with van der Waals surface area (Å²) in [4.78, 5) is 18.8. The number of hydrogen-bond donors (Lipinski definition) is 0. The van der Waals surface area contributed by atoms with Gasteiger partial charge in [0.15, 0.2) is 0 Å². The van der Waals surface area contributed by atoms with Crippen molar-refractivity contribution in [3.8, 4) is 78.4 Å². The van der Waals surface area contributed by atoms with Gasteiger partial charge in [-0.2, -0.15) is 0 Å². The van der Waals surface area contributed by atoms with E-state index in [4.69, 9.17) is 9.97 Å². The molecule has 4 aromatic carbocycles. The van der Waals surface area contributed by atoms with Gasteiger partial charge < -0.3 is 0 Å². The van der Waals surface area contributed by atoms with Crippen LogP contribution in [-0.2, 0) is 5.41 Å². The molecule has 0 saturated heterocycles. The first-order chi connectivity index (χ1) is 25.0. The third-order valence-corrected chi connectivity index (χ3v) is 10.1. The third kappa shape index (κ3) is 5.42. The molecule has 1 aliphatic carbocycles. The van der Waals surface area contributed by atoms with Gasteiger partial charge in [-0.25, -0.2) is 0 Å². The Kier molecular flexibility index (Phi) is 7.44. The smallest absolute Gasteiger partial charge is 0.0708 e. The lowest BCUT2D eigenvalue weighted by atomic mass is 9.80. The molecule has 1 aliphatic rings. The number of nitrogens with zero attached hydrogens (tertiary/aromatic N) is 4. The highest BCUT2D eigenvalue weighted by molar-refractivity contribution is 5.92. The van der Waals surface area contributed by atoms with Crippen LogP contribution >= 0.6 is 0 Å². The summed E-state index contributed by atoms with van der Waals surface area (Å²) in [5, 5.41) is 0. The number of hydrogen-bond acceptors (Lipinski definition) is 4. The summed E-state index contributed by atoms with van der Waals surface area (Å²) in [5.41, 5.74) is 17.7. The van der Waals surface area contributed by atoms with Gasteiger partial charge in [-0.05, 0) is 117 Å². The van der Waals surface area contributed by atoms with Crippen LogP contribution in [0.2, 0.25) is 0 Å². The zero-order valence-electron chi connectivity index (χ0n) is 28.5. The highest BCUT2D eigenvalue weighted by atomic mass is 14.7.